The molecular formula is C16H15Cl2N3OS. The summed E-state index contributed by atoms with van der Waals surface area (Å²) in [4.78, 5) is 12.0. The predicted molar refractivity (Wildman–Crippen MR) is 100 cm³/mol. The van der Waals surface area contributed by atoms with Crippen LogP contribution in [0.5, 0.6) is 0 Å². The van der Waals surface area contributed by atoms with Gasteiger partial charge in [0.2, 0.25) is 5.91 Å². The number of hydrogen-bond acceptors (Lipinski definition) is 2. The molecule has 7 heteroatoms. The van der Waals surface area contributed by atoms with Crippen LogP contribution in [0.25, 0.3) is 0 Å². The number of rotatable bonds is 4. The number of benzene rings is 2. The Labute approximate surface area is 150 Å². The number of nitrogens with one attached hydrogen (secondary N) is 3. The Balaban J connectivity index is 1.83. The van der Waals surface area contributed by atoms with Gasteiger partial charge in [0.15, 0.2) is 5.11 Å². The van der Waals surface area contributed by atoms with Crippen molar-refractivity contribution >= 4 is 57.8 Å². The molecule has 4 nitrogen and oxygen atoms in total. The van der Waals surface area contributed by atoms with Gasteiger partial charge in [-0.15, -0.1) is 0 Å². The van der Waals surface area contributed by atoms with E-state index >= 15 is 0 Å². The maximum atomic E-state index is 12.0. The Hall–Kier alpha value is -1.82. The van der Waals surface area contributed by atoms with Crippen molar-refractivity contribution in [2.24, 2.45) is 0 Å². The van der Waals surface area contributed by atoms with Crippen molar-refractivity contribution in [2.75, 3.05) is 17.2 Å². The molecule has 0 unspecified atom stereocenters. The van der Waals surface area contributed by atoms with Gasteiger partial charge in [0.1, 0.15) is 0 Å². The fraction of sp³-hybridized carbons (Fsp3) is 0.125. The third kappa shape index (κ3) is 5.39. The Morgan fingerprint density at radius 2 is 1.78 bits per heavy atom. The molecule has 0 aromatic heterocycles. The smallest absolute Gasteiger partial charge is 0.243 e. The summed E-state index contributed by atoms with van der Waals surface area (Å²) in [6, 6.07) is 12.4. The zero-order valence-electron chi connectivity index (χ0n) is 12.3. The SMILES string of the molecule is Cc1c(Cl)cccc1NC(=O)CNC(=S)Nc1ccc(Cl)cc1. The Morgan fingerprint density at radius 1 is 1.09 bits per heavy atom. The van der Waals surface area contributed by atoms with E-state index in [1.165, 1.54) is 0 Å². The van der Waals surface area contributed by atoms with Crippen LogP contribution in [0.1, 0.15) is 5.56 Å². The molecule has 0 aliphatic carbocycles. The van der Waals surface area contributed by atoms with Gasteiger partial charge < -0.3 is 16.0 Å². The molecule has 0 saturated heterocycles. The monoisotopic (exact) mass is 367 g/mol. The lowest BCUT2D eigenvalue weighted by atomic mass is 10.2. The van der Waals surface area contributed by atoms with Crippen LogP contribution in [0, 0.1) is 6.92 Å². The van der Waals surface area contributed by atoms with Crippen LogP contribution in [0.15, 0.2) is 42.5 Å². The van der Waals surface area contributed by atoms with Crippen molar-refractivity contribution in [1.82, 2.24) is 5.32 Å². The number of halogens is 2. The molecule has 0 heterocycles. The first-order valence-electron chi connectivity index (χ1n) is 6.81. The fourth-order valence-corrected chi connectivity index (χ4v) is 2.30. The first-order valence-corrected chi connectivity index (χ1v) is 7.97. The molecule has 23 heavy (non-hydrogen) atoms. The molecule has 1 amide bonds. The maximum absolute atomic E-state index is 12.0. The fourth-order valence-electron chi connectivity index (χ4n) is 1.81. The summed E-state index contributed by atoms with van der Waals surface area (Å²) in [5, 5.41) is 10.2. The van der Waals surface area contributed by atoms with Crippen LogP contribution in [0.3, 0.4) is 0 Å². The Bertz CT molecular complexity index is 720. The largest absolute Gasteiger partial charge is 0.353 e. The summed E-state index contributed by atoms with van der Waals surface area (Å²) in [6.45, 7) is 1.89. The molecule has 0 bridgehead atoms. The number of carbonyl (C=O) groups is 1. The summed E-state index contributed by atoms with van der Waals surface area (Å²) in [6.07, 6.45) is 0. The van der Waals surface area contributed by atoms with Gasteiger partial charge in [0, 0.05) is 21.4 Å². The van der Waals surface area contributed by atoms with Crippen LogP contribution in [0.2, 0.25) is 10.0 Å². The highest BCUT2D eigenvalue weighted by Crippen LogP contribution is 2.22. The highest BCUT2D eigenvalue weighted by atomic mass is 35.5. The molecule has 2 rings (SSSR count). The lowest BCUT2D eigenvalue weighted by Gasteiger charge is -2.12. The lowest BCUT2D eigenvalue weighted by molar-refractivity contribution is -0.115. The standard InChI is InChI=1S/C16H15Cl2N3OS/c1-10-13(18)3-2-4-14(10)21-15(22)9-19-16(23)20-12-7-5-11(17)6-8-12/h2-8H,9H2,1H3,(H,21,22)(H2,19,20,23). The van der Waals surface area contributed by atoms with Crippen LogP contribution in [0.4, 0.5) is 11.4 Å². The molecule has 3 N–H and O–H groups in total. The van der Waals surface area contributed by atoms with E-state index in [-0.39, 0.29) is 12.5 Å². The minimum Gasteiger partial charge on any atom is -0.353 e. The second-order valence-electron chi connectivity index (χ2n) is 4.78. The first-order chi connectivity index (χ1) is 11.0. The number of carbonyl (C=O) groups excluding carboxylic acids is 1. The van der Waals surface area contributed by atoms with Crippen LogP contribution in [-0.4, -0.2) is 17.6 Å². The van der Waals surface area contributed by atoms with Crippen molar-refractivity contribution in [1.29, 1.82) is 0 Å². The first kappa shape index (κ1) is 17.5. The van der Waals surface area contributed by atoms with Gasteiger partial charge in [-0.1, -0.05) is 29.3 Å². The minimum atomic E-state index is -0.212. The molecular weight excluding hydrogens is 353 g/mol. The molecule has 0 aliphatic rings. The molecule has 0 saturated carbocycles. The van der Waals surface area contributed by atoms with Gasteiger partial charge in [-0.3, -0.25) is 4.79 Å². The van der Waals surface area contributed by atoms with Crippen LogP contribution >= 0.6 is 35.4 Å². The molecule has 0 aliphatic heterocycles. The van der Waals surface area contributed by atoms with Gasteiger partial charge in [-0.25, -0.2) is 0 Å². The Kier molecular flexibility index (Phi) is 6.21. The molecule has 0 fully saturated rings. The van der Waals surface area contributed by atoms with E-state index in [9.17, 15) is 4.79 Å². The van der Waals surface area contributed by atoms with Crippen molar-refractivity contribution in [3.8, 4) is 0 Å². The minimum absolute atomic E-state index is 0.0470. The molecule has 2 aromatic carbocycles. The number of amides is 1. The van der Waals surface area contributed by atoms with Gasteiger partial charge in [-0.2, -0.15) is 0 Å². The van der Waals surface area contributed by atoms with Crippen molar-refractivity contribution in [2.45, 2.75) is 6.92 Å². The van der Waals surface area contributed by atoms with Gasteiger partial charge in [0.05, 0.1) is 6.54 Å². The zero-order chi connectivity index (χ0) is 16.8. The summed E-state index contributed by atoms with van der Waals surface area (Å²) >= 11 is 17.0. The maximum Gasteiger partial charge on any atom is 0.243 e. The lowest BCUT2D eigenvalue weighted by Crippen LogP contribution is -2.35. The molecule has 120 valence electrons. The molecule has 0 radical (unpaired) electrons. The van der Waals surface area contributed by atoms with E-state index in [0.29, 0.717) is 20.8 Å². The second-order valence-corrected chi connectivity index (χ2v) is 6.03. The Morgan fingerprint density at radius 3 is 2.48 bits per heavy atom. The summed E-state index contributed by atoms with van der Waals surface area (Å²) < 4.78 is 0. The van der Waals surface area contributed by atoms with E-state index in [4.69, 9.17) is 35.4 Å². The van der Waals surface area contributed by atoms with Gasteiger partial charge in [-0.05, 0) is 61.1 Å². The van der Waals surface area contributed by atoms with Crippen molar-refractivity contribution in [3.05, 3.63) is 58.1 Å². The number of hydrogen-bond donors (Lipinski definition) is 3. The predicted octanol–water partition coefficient (Wildman–Crippen LogP) is 4.23. The van der Waals surface area contributed by atoms with E-state index in [1.54, 1.807) is 42.5 Å². The van der Waals surface area contributed by atoms with E-state index in [1.807, 2.05) is 6.92 Å². The average molecular weight is 368 g/mol. The van der Waals surface area contributed by atoms with E-state index in [2.05, 4.69) is 16.0 Å². The molecule has 0 spiro atoms. The van der Waals surface area contributed by atoms with Crippen LogP contribution in [-0.2, 0) is 4.79 Å². The highest BCUT2D eigenvalue weighted by molar-refractivity contribution is 7.80. The quantitative estimate of drug-likeness (QED) is 0.707. The highest BCUT2D eigenvalue weighted by Gasteiger charge is 2.07. The van der Waals surface area contributed by atoms with E-state index in [0.717, 1.165) is 11.3 Å². The van der Waals surface area contributed by atoms with Gasteiger partial charge in [0.25, 0.3) is 0 Å². The third-order valence-corrected chi connectivity index (χ3v) is 3.96. The van der Waals surface area contributed by atoms with Crippen molar-refractivity contribution < 1.29 is 4.79 Å². The van der Waals surface area contributed by atoms with Crippen molar-refractivity contribution in [3.63, 3.8) is 0 Å². The summed E-state index contributed by atoms with van der Waals surface area (Å²) in [5.41, 5.74) is 2.29. The van der Waals surface area contributed by atoms with Gasteiger partial charge >= 0.3 is 0 Å². The normalized spacial score (nSPS) is 10.0. The summed E-state index contributed by atoms with van der Waals surface area (Å²) in [5.74, 6) is -0.212. The average Bonchev–Trinajstić information content (AvgIpc) is 2.52. The van der Waals surface area contributed by atoms with E-state index < -0.39 is 0 Å². The number of thiocarbonyl (C=S) groups is 1. The van der Waals surface area contributed by atoms with Crippen LogP contribution < -0.4 is 16.0 Å². The summed E-state index contributed by atoms with van der Waals surface area (Å²) in [7, 11) is 0. The number of anilines is 2. The zero-order valence-corrected chi connectivity index (χ0v) is 14.6. The topological polar surface area (TPSA) is 53.2 Å². The molecule has 2 aromatic rings. The third-order valence-electron chi connectivity index (χ3n) is 3.05. The molecule has 0 atom stereocenters. The second kappa shape index (κ2) is 8.15.